The summed E-state index contributed by atoms with van der Waals surface area (Å²) in [5, 5.41) is 1.08. The zero-order chi connectivity index (χ0) is 18.4. The third kappa shape index (κ3) is 4.09. The van der Waals surface area contributed by atoms with Crippen molar-refractivity contribution in [3.63, 3.8) is 0 Å². The van der Waals surface area contributed by atoms with Crippen molar-refractivity contribution in [1.29, 1.82) is 0 Å². The number of nitrogens with zero attached hydrogens (tertiary/aromatic N) is 2. The lowest BCUT2D eigenvalue weighted by Crippen LogP contribution is -2.30. The van der Waals surface area contributed by atoms with Gasteiger partial charge in [-0.3, -0.25) is 0 Å². The van der Waals surface area contributed by atoms with E-state index in [2.05, 4.69) is 4.98 Å². The molecule has 4 nitrogen and oxygen atoms in total. The lowest BCUT2D eigenvalue weighted by atomic mass is 10.1. The number of benzene rings is 2. The van der Waals surface area contributed by atoms with E-state index in [9.17, 15) is 4.79 Å². The molecular weight excluding hydrogens is 324 g/mol. The van der Waals surface area contributed by atoms with Crippen LogP contribution in [-0.4, -0.2) is 29.1 Å². The van der Waals surface area contributed by atoms with E-state index in [0.29, 0.717) is 18.8 Å². The van der Waals surface area contributed by atoms with Gasteiger partial charge in [-0.1, -0.05) is 54.6 Å². The standard InChI is InChI=1S/C22H22N2O2/c1-3-24(4-2)22(25)26-21(18-11-6-5-7-12-18)16-19-15-14-17-10-8-9-13-20(17)23-19/h5-16H,3-4H2,1-2H3/b21-16+. The molecule has 0 spiro atoms. The minimum absolute atomic E-state index is 0.356. The Morgan fingerprint density at radius 3 is 2.38 bits per heavy atom. The Labute approximate surface area is 153 Å². The zero-order valence-corrected chi connectivity index (χ0v) is 15.1. The molecule has 1 aromatic heterocycles. The van der Waals surface area contributed by atoms with Crippen molar-refractivity contribution in [3.05, 3.63) is 78.0 Å². The molecule has 0 radical (unpaired) electrons. The van der Waals surface area contributed by atoms with E-state index < -0.39 is 0 Å². The largest absolute Gasteiger partial charge is 0.415 e. The number of pyridine rings is 1. The molecule has 1 amide bonds. The highest BCUT2D eigenvalue weighted by atomic mass is 16.6. The molecule has 0 saturated carbocycles. The van der Waals surface area contributed by atoms with Crippen molar-refractivity contribution in [2.45, 2.75) is 13.8 Å². The highest BCUT2D eigenvalue weighted by Crippen LogP contribution is 2.21. The molecule has 0 atom stereocenters. The Hall–Kier alpha value is -3.14. The molecule has 3 rings (SSSR count). The minimum Gasteiger partial charge on any atom is -0.409 e. The third-order valence-corrected chi connectivity index (χ3v) is 4.18. The summed E-state index contributed by atoms with van der Waals surface area (Å²) in [7, 11) is 0. The summed E-state index contributed by atoms with van der Waals surface area (Å²) in [4.78, 5) is 18.7. The summed E-state index contributed by atoms with van der Waals surface area (Å²) in [5.74, 6) is 0.491. The number of aromatic nitrogens is 1. The number of hydrogen-bond acceptors (Lipinski definition) is 3. The average molecular weight is 346 g/mol. The predicted octanol–water partition coefficient (Wildman–Crippen LogP) is 5.21. The molecular formula is C22H22N2O2. The normalized spacial score (nSPS) is 11.4. The maximum absolute atomic E-state index is 12.4. The van der Waals surface area contributed by atoms with E-state index >= 15 is 0 Å². The van der Waals surface area contributed by atoms with Crippen molar-refractivity contribution in [3.8, 4) is 0 Å². The molecule has 0 N–H and O–H groups in total. The predicted molar refractivity (Wildman–Crippen MR) is 105 cm³/mol. The molecule has 0 fully saturated rings. The third-order valence-electron chi connectivity index (χ3n) is 4.18. The fourth-order valence-electron chi connectivity index (χ4n) is 2.71. The van der Waals surface area contributed by atoms with Gasteiger partial charge in [0, 0.05) is 30.1 Å². The number of carbonyl (C=O) groups is 1. The number of hydrogen-bond donors (Lipinski definition) is 0. The van der Waals surface area contributed by atoms with Gasteiger partial charge in [0.05, 0.1) is 11.2 Å². The molecule has 2 aromatic carbocycles. The van der Waals surface area contributed by atoms with E-state index in [0.717, 1.165) is 22.2 Å². The van der Waals surface area contributed by atoms with E-state index in [-0.39, 0.29) is 6.09 Å². The first-order valence-corrected chi connectivity index (χ1v) is 8.81. The second kappa shape index (κ2) is 8.30. The molecule has 0 aliphatic carbocycles. The van der Waals surface area contributed by atoms with Crippen LogP contribution in [0.5, 0.6) is 0 Å². The molecule has 3 aromatic rings. The van der Waals surface area contributed by atoms with Gasteiger partial charge in [0.1, 0.15) is 5.76 Å². The van der Waals surface area contributed by atoms with Gasteiger partial charge < -0.3 is 9.64 Å². The fraction of sp³-hybridized carbons (Fsp3) is 0.182. The van der Waals surface area contributed by atoms with Gasteiger partial charge in [-0.2, -0.15) is 0 Å². The Balaban J connectivity index is 1.98. The molecule has 0 unspecified atom stereocenters. The second-order valence-corrected chi connectivity index (χ2v) is 5.84. The molecule has 132 valence electrons. The van der Waals surface area contributed by atoms with Gasteiger partial charge in [-0.05, 0) is 26.0 Å². The molecule has 0 aliphatic rings. The van der Waals surface area contributed by atoms with Gasteiger partial charge in [-0.15, -0.1) is 0 Å². The monoisotopic (exact) mass is 346 g/mol. The SMILES string of the molecule is CCN(CC)C(=O)O/C(=C/c1ccc2ccccc2n1)c1ccccc1. The van der Waals surface area contributed by atoms with Gasteiger partial charge in [0.25, 0.3) is 0 Å². The van der Waals surface area contributed by atoms with Crippen LogP contribution in [0.4, 0.5) is 4.79 Å². The molecule has 0 aliphatic heterocycles. The number of rotatable bonds is 5. The van der Waals surface area contributed by atoms with Crippen LogP contribution >= 0.6 is 0 Å². The first kappa shape index (κ1) is 17.7. The molecule has 0 saturated heterocycles. The quantitative estimate of drug-likeness (QED) is 0.596. The average Bonchev–Trinajstić information content (AvgIpc) is 2.69. The van der Waals surface area contributed by atoms with Crippen LogP contribution in [0.1, 0.15) is 25.1 Å². The van der Waals surface area contributed by atoms with Crippen LogP contribution in [0.2, 0.25) is 0 Å². The first-order chi connectivity index (χ1) is 12.7. The van der Waals surface area contributed by atoms with Crippen LogP contribution in [0, 0.1) is 0 Å². The van der Waals surface area contributed by atoms with Gasteiger partial charge in [-0.25, -0.2) is 9.78 Å². The molecule has 4 heteroatoms. The van der Waals surface area contributed by atoms with Crippen LogP contribution in [0.25, 0.3) is 22.7 Å². The number of amides is 1. The second-order valence-electron chi connectivity index (χ2n) is 5.84. The van der Waals surface area contributed by atoms with Crippen molar-refractivity contribution in [2.24, 2.45) is 0 Å². The zero-order valence-electron chi connectivity index (χ0n) is 15.1. The molecule has 1 heterocycles. The van der Waals surface area contributed by atoms with Crippen LogP contribution < -0.4 is 0 Å². The Bertz CT molecular complexity index is 916. The summed E-state index contributed by atoms with van der Waals surface area (Å²) in [6.07, 6.45) is 1.45. The van der Waals surface area contributed by atoms with E-state index in [1.807, 2.05) is 86.7 Å². The van der Waals surface area contributed by atoms with Gasteiger partial charge >= 0.3 is 6.09 Å². The lowest BCUT2D eigenvalue weighted by Gasteiger charge is -2.19. The van der Waals surface area contributed by atoms with Crippen molar-refractivity contribution in [2.75, 3.05) is 13.1 Å². The first-order valence-electron chi connectivity index (χ1n) is 8.81. The van der Waals surface area contributed by atoms with Crippen molar-refractivity contribution >= 4 is 28.8 Å². The molecule has 26 heavy (non-hydrogen) atoms. The fourth-order valence-corrected chi connectivity index (χ4v) is 2.71. The number of ether oxygens (including phenoxy) is 1. The maximum atomic E-state index is 12.4. The van der Waals surface area contributed by atoms with E-state index in [4.69, 9.17) is 4.74 Å². The minimum atomic E-state index is -0.356. The highest BCUT2D eigenvalue weighted by Gasteiger charge is 2.15. The molecule has 0 bridgehead atoms. The Kier molecular flexibility index (Phi) is 5.64. The van der Waals surface area contributed by atoms with Gasteiger partial charge in [0.15, 0.2) is 0 Å². The van der Waals surface area contributed by atoms with Crippen molar-refractivity contribution in [1.82, 2.24) is 9.88 Å². The number of carbonyl (C=O) groups excluding carboxylic acids is 1. The summed E-state index contributed by atoms with van der Waals surface area (Å²) >= 11 is 0. The van der Waals surface area contributed by atoms with Crippen LogP contribution in [-0.2, 0) is 4.74 Å². The van der Waals surface area contributed by atoms with Crippen LogP contribution in [0.3, 0.4) is 0 Å². The summed E-state index contributed by atoms with van der Waals surface area (Å²) in [6, 6.07) is 21.5. The summed E-state index contributed by atoms with van der Waals surface area (Å²) in [6.45, 7) is 5.07. The van der Waals surface area contributed by atoms with Crippen molar-refractivity contribution < 1.29 is 9.53 Å². The lowest BCUT2D eigenvalue weighted by molar-refractivity contribution is 0.148. The maximum Gasteiger partial charge on any atom is 0.415 e. The summed E-state index contributed by atoms with van der Waals surface area (Å²) in [5.41, 5.74) is 2.49. The number of fused-ring (bicyclic) bond motifs is 1. The van der Waals surface area contributed by atoms with Gasteiger partial charge in [0.2, 0.25) is 0 Å². The van der Waals surface area contributed by atoms with Crippen LogP contribution in [0.15, 0.2) is 66.7 Å². The Morgan fingerprint density at radius 2 is 1.65 bits per heavy atom. The highest BCUT2D eigenvalue weighted by molar-refractivity contribution is 5.86. The number of para-hydroxylation sites is 1. The smallest absolute Gasteiger partial charge is 0.409 e. The summed E-state index contributed by atoms with van der Waals surface area (Å²) < 4.78 is 5.70. The topological polar surface area (TPSA) is 42.4 Å². The Morgan fingerprint density at radius 1 is 0.962 bits per heavy atom. The van der Waals surface area contributed by atoms with E-state index in [1.54, 1.807) is 4.90 Å². The van der Waals surface area contributed by atoms with E-state index in [1.165, 1.54) is 0 Å².